The van der Waals surface area contributed by atoms with Crippen molar-refractivity contribution in [2.24, 2.45) is 0 Å². The highest BCUT2D eigenvalue weighted by Crippen LogP contribution is 2.43. The number of carbonyl (C=O) groups excluding carboxylic acids is 2. The van der Waals surface area contributed by atoms with E-state index in [1.54, 1.807) is 18.2 Å². The van der Waals surface area contributed by atoms with Crippen LogP contribution in [0.15, 0.2) is 72.3 Å². The monoisotopic (exact) mass is 427 g/mol. The SMILES string of the molecule is Cc1cc(C)cc(N2C(=O)C(=O)/C(=C(\O)c3ccc4c(c3)OCO4)C2c2ccccc2)c1. The largest absolute Gasteiger partial charge is 0.507 e. The van der Waals surface area contributed by atoms with E-state index in [1.165, 1.54) is 4.90 Å². The van der Waals surface area contributed by atoms with E-state index < -0.39 is 17.7 Å². The molecule has 2 heterocycles. The number of aliphatic hydroxyl groups is 1. The molecule has 1 amide bonds. The molecule has 160 valence electrons. The van der Waals surface area contributed by atoms with Gasteiger partial charge in [-0.1, -0.05) is 36.4 Å². The van der Waals surface area contributed by atoms with Gasteiger partial charge in [-0.05, 0) is 60.9 Å². The molecule has 1 saturated heterocycles. The lowest BCUT2D eigenvalue weighted by molar-refractivity contribution is -0.132. The third kappa shape index (κ3) is 3.21. The van der Waals surface area contributed by atoms with Crippen LogP contribution < -0.4 is 14.4 Å². The zero-order chi connectivity index (χ0) is 22.4. The second kappa shape index (κ2) is 7.57. The highest BCUT2D eigenvalue weighted by Gasteiger charge is 2.47. The number of ether oxygens (including phenoxy) is 2. The standard InChI is InChI=1S/C26H21NO5/c1-15-10-16(2)12-19(11-15)27-23(17-6-4-3-5-7-17)22(25(29)26(27)30)24(28)18-8-9-20-21(13-18)32-14-31-20/h3-13,23,28H,14H2,1-2H3/b24-22-. The summed E-state index contributed by atoms with van der Waals surface area (Å²) < 4.78 is 10.7. The Hall–Kier alpha value is -4.06. The van der Waals surface area contributed by atoms with Crippen molar-refractivity contribution in [1.29, 1.82) is 0 Å². The lowest BCUT2D eigenvalue weighted by Gasteiger charge is -2.26. The molecule has 5 rings (SSSR count). The van der Waals surface area contributed by atoms with Crippen molar-refractivity contribution in [3.63, 3.8) is 0 Å². The van der Waals surface area contributed by atoms with E-state index in [0.717, 1.165) is 16.7 Å². The van der Waals surface area contributed by atoms with Gasteiger partial charge >= 0.3 is 0 Å². The van der Waals surface area contributed by atoms with Crippen LogP contribution in [0, 0.1) is 13.8 Å². The second-order valence-electron chi connectivity index (χ2n) is 7.99. The number of aliphatic hydroxyl groups excluding tert-OH is 1. The molecule has 6 nitrogen and oxygen atoms in total. The average Bonchev–Trinajstić information content (AvgIpc) is 3.35. The van der Waals surface area contributed by atoms with E-state index in [2.05, 4.69) is 0 Å². The molecule has 6 heteroatoms. The van der Waals surface area contributed by atoms with Gasteiger partial charge in [-0.3, -0.25) is 14.5 Å². The zero-order valence-corrected chi connectivity index (χ0v) is 17.7. The topological polar surface area (TPSA) is 76.1 Å². The smallest absolute Gasteiger partial charge is 0.300 e. The first kappa shape index (κ1) is 19.9. The summed E-state index contributed by atoms with van der Waals surface area (Å²) in [5.41, 5.74) is 3.72. The van der Waals surface area contributed by atoms with Crippen LogP contribution in [0.4, 0.5) is 5.69 Å². The third-order valence-electron chi connectivity index (χ3n) is 5.69. The molecule has 0 spiro atoms. The Morgan fingerprint density at radius 3 is 2.31 bits per heavy atom. The number of nitrogens with zero attached hydrogens (tertiary/aromatic N) is 1. The molecule has 3 aromatic carbocycles. The van der Waals surface area contributed by atoms with Gasteiger partial charge in [-0.25, -0.2) is 0 Å². The molecule has 32 heavy (non-hydrogen) atoms. The van der Waals surface area contributed by atoms with Crippen molar-refractivity contribution >= 4 is 23.1 Å². The summed E-state index contributed by atoms with van der Waals surface area (Å²) in [5, 5.41) is 11.2. The zero-order valence-electron chi connectivity index (χ0n) is 17.7. The number of benzene rings is 3. The fourth-order valence-electron chi connectivity index (χ4n) is 4.34. The van der Waals surface area contributed by atoms with Crippen LogP contribution in [-0.2, 0) is 9.59 Å². The summed E-state index contributed by atoms with van der Waals surface area (Å²) >= 11 is 0. The Morgan fingerprint density at radius 2 is 1.59 bits per heavy atom. The highest BCUT2D eigenvalue weighted by molar-refractivity contribution is 6.51. The van der Waals surface area contributed by atoms with E-state index in [-0.39, 0.29) is 18.1 Å². The first-order chi connectivity index (χ1) is 15.4. The third-order valence-corrected chi connectivity index (χ3v) is 5.69. The lowest BCUT2D eigenvalue weighted by Crippen LogP contribution is -2.29. The van der Waals surface area contributed by atoms with Gasteiger partial charge in [0.1, 0.15) is 5.76 Å². The van der Waals surface area contributed by atoms with E-state index >= 15 is 0 Å². The van der Waals surface area contributed by atoms with Crippen LogP contribution in [0.3, 0.4) is 0 Å². The summed E-state index contributed by atoms with van der Waals surface area (Å²) in [6, 6.07) is 19.2. The van der Waals surface area contributed by atoms with Crippen molar-refractivity contribution in [2.45, 2.75) is 19.9 Å². The quantitative estimate of drug-likeness (QED) is 0.374. The van der Waals surface area contributed by atoms with Crippen molar-refractivity contribution in [1.82, 2.24) is 0 Å². The van der Waals surface area contributed by atoms with Gasteiger partial charge in [-0.15, -0.1) is 0 Å². The number of fused-ring (bicyclic) bond motifs is 1. The Morgan fingerprint density at radius 1 is 0.906 bits per heavy atom. The maximum Gasteiger partial charge on any atom is 0.300 e. The van der Waals surface area contributed by atoms with Crippen molar-refractivity contribution in [3.05, 3.63) is 94.6 Å². The van der Waals surface area contributed by atoms with Gasteiger partial charge < -0.3 is 14.6 Å². The fourth-order valence-corrected chi connectivity index (χ4v) is 4.34. The Labute approximate surface area is 185 Å². The summed E-state index contributed by atoms with van der Waals surface area (Å²) in [6.07, 6.45) is 0. The number of hydrogen-bond donors (Lipinski definition) is 1. The number of Topliss-reactive ketones (excluding diaryl/α,β-unsaturated/α-hetero) is 1. The predicted octanol–water partition coefficient (Wildman–Crippen LogP) is 4.66. The van der Waals surface area contributed by atoms with Crippen LogP contribution in [0.5, 0.6) is 11.5 Å². The normalized spacial score (nSPS) is 18.9. The van der Waals surface area contributed by atoms with E-state index in [4.69, 9.17) is 9.47 Å². The van der Waals surface area contributed by atoms with Gasteiger partial charge in [0.05, 0.1) is 11.6 Å². The summed E-state index contributed by atoms with van der Waals surface area (Å²) in [4.78, 5) is 27.9. The van der Waals surface area contributed by atoms with Crippen LogP contribution >= 0.6 is 0 Å². The number of rotatable bonds is 3. The number of amides is 1. The summed E-state index contributed by atoms with van der Waals surface area (Å²) in [7, 11) is 0. The molecule has 1 fully saturated rings. The molecule has 1 unspecified atom stereocenters. The molecule has 0 radical (unpaired) electrons. The second-order valence-corrected chi connectivity index (χ2v) is 7.99. The molecule has 2 aliphatic rings. The Bertz CT molecular complexity index is 1260. The molecule has 0 saturated carbocycles. The average molecular weight is 427 g/mol. The van der Waals surface area contributed by atoms with E-state index in [1.807, 2.05) is 62.4 Å². The number of carbonyl (C=O) groups is 2. The van der Waals surface area contributed by atoms with Crippen LogP contribution in [0.1, 0.15) is 28.3 Å². The summed E-state index contributed by atoms with van der Waals surface area (Å²) in [5.74, 6) is -0.604. The first-order valence-electron chi connectivity index (χ1n) is 10.3. The first-order valence-corrected chi connectivity index (χ1v) is 10.3. The molecule has 0 aromatic heterocycles. The summed E-state index contributed by atoms with van der Waals surface area (Å²) in [6.45, 7) is 3.98. The number of hydrogen-bond acceptors (Lipinski definition) is 5. The number of ketones is 1. The van der Waals surface area contributed by atoms with E-state index in [0.29, 0.717) is 22.7 Å². The van der Waals surface area contributed by atoms with Gasteiger partial charge in [0, 0.05) is 11.3 Å². The minimum atomic E-state index is -0.761. The highest BCUT2D eigenvalue weighted by atomic mass is 16.7. The Kier molecular flexibility index (Phi) is 4.70. The van der Waals surface area contributed by atoms with Crippen LogP contribution in [0.2, 0.25) is 0 Å². The molecule has 2 aliphatic heterocycles. The van der Waals surface area contributed by atoms with Gasteiger partial charge in [0.25, 0.3) is 11.7 Å². The minimum Gasteiger partial charge on any atom is -0.507 e. The van der Waals surface area contributed by atoms with Gasteiger partial charge in [0.15, 0.2) is 11.5 Å². The molecule has 0 bridgehead atoms. The minimum absolute atomic E-state index is 0.0409. The molecule has 0 aliphatic carbocycles. The van der Waals surface area contributed by atoms with Gasteiger partial charge in [-0.2, -0.15) is 0 Å². The predicted molar refractivity (Wildman–Crippen MR) is 120 cm³/mol. The fraction of sp³-hybridized carbons (Fsp3) is 0.154. The van der Waals surface area contributed by atoms with Crippen LogP contribution in [0.25, 0.3) is 5.76 Å². The van der Waals surface area contributed by atoms with Crippen molar-refractivity contribution < 1.29 is 24.2 Å². The van der Waals surface area contributed by atoms with Crippen molar-refractivity contribution in [2.75, 3.05) is 11.7 Å². The maximum atomic E-state index is 13.2. The number of aryl methyl sites for hydroxylation is 2. The molecule has 3 aromatic rings. The molecular formula is C26H21NO5. The van der Waals surface area contributed by atoms with E-state index in [9.17, 15) is 14.7 Å². The molecule has 1 atom stereocenters. The lowest BCUT2D eigenvalue weighted by atomic mass is 9.95. The Balaban J connectivity index is 1.71. The number of anilines is 1. The van der Waals surface area contributed by atoms with Gasteiger partial charge in [0.2, 0.25) is 6.79 Å². The molecular weight excluding hydrogens is 406 g/mol. The molecule has 1 N–H and O–H groups in total. The van der Waals surface area contributed by atoms with Crippen molar-refractivity contribution in [3.8, 4) is 11.5 Å². The van der Waals surface area contributed by atoms with Crippen LogP contribution in [-0.4, -0.2) is 23.6 Å². The maximum absolute atomic E-state index is 13.2.